The number of halogens is 1. The molecule has 0 amide bonds. The predicted octanol–water partition coefficient (Wildman–Crippen LogP) is 5.31. The van der Waals surface area contributed by atoms with E-state index in [0.717, 1.165) is 96.8 Å². The van der Waals surface area contributed by atoms with Crippen molar-refractivity contribution in [3.8, 4) is 0 Å². The smallest absolute Gasteiger partial charge is 0.0725 e. The summed E-state index contributed by atoms with van der Waals surface area (Å²) in [5.41, 5.74) is -1.19. The second-order valence-corrected chi connectivity index (χ2v) is 15.1. The van der Waals surface area contributed by atoms with Gasteiger partial charge in [0.2, 0.25) is 0 Å². The monoisotopic (exact) mass is 554 g/mol. The number of piperidine rings is 2. The molecule has 220 valence electrons. The van der Waals surface area contributed by atoms with Crippen molar-refractivity contribution in [2.75, 3.05) is 32.8 Å². The van der Waals surface area contributed by atoms with Gasteiger partial charge in [-0.15, -0.1) is 11.6 Å². The van der Waals surface area contributed by atoms with Crippen LogP contribution in [0.3, 0.4) is 0 Å². The molecule has 2 saturated carbocycles. The second-order valence-electron chi connectivity index (χ2n) is 14.4. The van der Waals surface area contributed by atoms with E-state index in [1.165, 1.54) is 6.42 Å². The van der Waals surface area contributed by atoms with Crippen molar-refractivity contribution in [2.45, 2.75) is 127 Å². The third-order valence-electron chi connectivity index (χ3n) is 11.8. The van der Waals surface area contributed by atoms with Crippen LogP contribution in [0.15, 0.2) is 0 Å². The van der Waals surface area contributed by atoms with Crippen molar-refractivity contribution < 1.29 is 20.2 Å². The number of hydrogen-bond donors (Lipinski definition) is 3. The minimum atomic E-state index is -0.652. The zero-order valence-corrected chi connectivity index (χ0v) is 25.0. The molecular formula is C31H55ClN2O4. The van der Waals surface area contributed by atoms with Crippen molar-refractivity contribution in [3.05, 3.63) is 0 Å². The van der Waals surface area contributed by atoms with Gasteiger partial charge >= 0.3 is 0 Å². The summed E-state index contributed by atoms with van der Waals surface area (Å²) in [5, 5.41) is 35.2. The van der Waals surface area contributed by atoms with Gasteiger partial charge in [-0.2, -0.15) is 5.06 Å². The molecule has 6 nitrogen and oxygen atoms in total. The molecule has 7 unspecified atom stereocenters. The third kappa shape index (κ3) is 6.27. The van der Waals surface area contributed by atoms with E-state index in [2.05, 4.69) is 11.8 Å². The van der Waals surface area contributed by atoms with E-state index < -0.39 is 11.2 Å². The van der Waals surface area contributed by atoms with Crippen LogP contribution in [0.1, 0.15) is 97.8 Å². The molecule has 8 atom stereocenters. The fourth-order valence-corrected chi connectivity index (χ4v) is 9.61. The molecule has 2 aliphatic carbocycles. The number of fused-ring (bicyclic) bond motifs is 2. The lowest BCUT2D eigenvalue weighted by molar-refractivity contribution is -0.176. The molecule has 3 aliphatic heterocycles. The second kappa shape index (κ2) is 12.1. The Kier molecular flexibility index (Phi) is 9.42. The molecular weight excluding hydrogens is 500 g/mol. The van der Waals surface area contributed by atoms with Crippen LogP contribution in [0.25, 0.3) is 0 Å². The zero-order valence-electron chi connectivity index (χ0n) is 24.2. The molecule has 0 aromatic carbocycles. The normalized spacial score (nSPS) is 45.7. The molecule has 7 heteroatoms. The first kappa shape index (κ1) is 29.5. The summed E-state index contributed by atoms with van der Waals surface area (Å²) >= 11 is 6.35. The van der Waals surface area contributed by atoms with Gasteiger partial charge in [-0.3, -0.25) is 0 Å². The van der Waals surface area contributed by atoms with E-state index in [9.17, 15) is 15.4 Å². The van der Waals surface area contributed by atoms with Crippen molar-refractivity contribution in [1.29, 1.82) is 0 Å². The van der Waals surface area contributed by atoms with Crippen LogP contribution in [0, 0.1) is 35.5 Å². The van der Waals surface area contributed by atoms with Gasteiger partial charge < -0.3 is 25.1 Å². The van der Waals surface area contributed by atoms with Crippen molar-refractivity contribution >= 4 is 11.6 Å². The molecule has 0 aromatic heterocycles. The Bertz CT molecular complexity index is 771. The summed E-state index contributed by atoms with van der Waals surface area (Å²) in [6.07, 6.45) is 13.0. The van der Waals surface area contributed by atoms with Crippen LogP contribution in [-0.2, 0) is 4.74 Å². The largest absolute Gasteiger partial charge is 0.390 e. The maximum absolute atomic E-state index is 11.7. The summed E-state index contributed by atoms with van der Waals surface area (Å²) in [6, 6.07) is 0.105. The number of hydrogen-bond acceptors (Lipinski definition) is 6. The van der Waals surface area contributed by atoms with E-state index in [0.29, 0.717) is 47.5 Å². The average molecular weight is 555 g/mol. The third-order valence-corrected chi connectivity index (χ3v) is 12.2. The SMILES string of the molecule is CC1CN(CCCC2C3C[C@@H](C(C)(C)O)CCC3OCC3C2CCCN3O)CCC1(O)C1CCC(Cl)CC1. The summed E-state index contributed by atoms with van der Waals surface area (Å²) in [5.74, 6) is 2.46. The van der Waals surface area contributed by atoms with Gasteiger partial charge in [0, 0.05) is 25.0 Å². The van der Waals surface area contributed by atoms with Gasteiger partial charge in [0.1, 0.15) is 0 Å². The number of nitrogens with zero attached hydrogens (tertiary/aromatic N) is 2. The van der Waals surface area contributed by atoms with Gasteiger partial charge in [-0.25, -0.2) is 0 Å². The number of rotatable bonds is 6. The van der Waals surface area contributed by atoms with Gasteiger partial charge in [0.05, 0.1) is 30.0 Å². The number of alkyl halides is 1. The number of likely N-dealkylation sites (tertiary alicyclic amines) is 1. The highest BCUT2D eigenvalue weighted by molar-refractivity contribution is 6.20. The van der Waals surface area contributed by atoms with Crippen LogP contribution < -0.4 is 0 Å². The van der Waals surface area contributed by atoms with Crippen molar-refractivity contribution in [2.24, 2.45) is 35.5 Å². The van der Waals surface area contributed by atoms with E-state index in [1.807, 2.05) is 13.8 Å². The number of aliphatic hydroxyl groups is 2. The Hall–Kier alpha value is 0.0500. The average Bonchev–Trinajstić information content (AvgIpc) is 3.03. The molecule has 5 rings (SSSR count). The van der Waals surface area contributed by atoms with Gasteiger partial charge in [-0.1, -0.05) is 6.92 Å². The molecule has 0 spiro atoms. The Morgan fingerprint density at radius 3 is 2.50 bits per heavy atom. The Balaban J connectivity index is 1.21. The van der Waals surface area contributed by atoms with Crippen molar-refractivity contribution in [3.63, 3.8) is 0 Å². The lowest BCUT2D eigenvalue weighted by Crippen LogP contribution is -2.55. The topological polar surface area (TPSA) is 76.4 Å². The molecule has 0 aromatic rings. The Morgan fingerprint density at radius 2 is 1.79 bits per heavy atom. The number of ether oxygens (including phenoxy) is 1. The highest BCUT2D eigenvalue weighted by atomic mass is 35.5. The van der Waals surface area contributed by atoms with E-state index in [-0.39, 0.29) is 12.1 Å². The minimum Gasteiger partial charge on any atom is -0.390 e. The van der Waals surface area contributed by atoms with E-state index in [4.69, 9.17) is 16.3 Å². The van der Waals surface area contributed by atoms with Gasteiger partial charge in [-0.05, 0) is 133 Å². The molecule has 3 saturated heterocycles. The summed E-state index contributed by atoms with van der Waals surface area (Å²) in [7, 11) is 0. The summed E-state index contributed by atoms with van der Waals surface area (Å²) in [4.78, 5) is 2.59. The van der Waals surface area contributed by atoms with Gasteiger partial charge in [0.25, 0.3) is 0 Å². The summed E-state index contributed by atoms with van der Waals surface area (Å²) < 4.78 is 6.51. The fourth-order valence-electron chi connectivity index (χ4n) is 9.35. The predicted molar refractivity (Wildman–Crippen MR) is 151 cm³/mol. The van der Waals surface area contributed by atoms with Crippen LogP contribution in [0.5, 0.6) is 0 Å². The molecule has 3 heterocycles. The Labute approximate surface area is 236 Å². The standard InChI is InChI=1S/C31H55ClN2O4/c1-21-19-33(17-14-31(21,36)22-8-11-24(32)12-9-22)15-4-6-25-26-7-5-16-34(37)28(26)20-38-29-13-10-23(18-27(25)29)30(2,3)35/h21-29,35-37H,4-20H2,1-3H3/t21?,22?,23-,24?,25?,26?,27?,28?,29?,31?/m0/s1. The minimum absolute atomic E-state index is 0.105. The van der Waals surface area contributed by atoms with E-state index in [1.54, 1.807) is 5.06 Å². The quantitative estimate of drug-likeness (QED) is 0.386. The van der Waals surface area contributed by atoms with Crippen LogP contribution in [0.2, 0.25) is 0 Å². The maximum Gasteiger partial charge on any atom is 0.0725 e. The molecule has 5 fully saturated rings. The molecule has 5 aliphatic rings. The molecule has 3 N–H and O–H groups in total. The highest BCUT2D eigenvalue weighted by Gasteiger charge is 2.49. The van der Waals surface area contributed by atoms with Crippen molar-refractivity contribution in [1.82, 2.24) is 9.96 Å². The van der Waals surface area contributed by atoms with Gasteiger partial charge in [0.15, 0.2) is 0 Å². The first-order chi connectivity index (χ1) is 18.1. The maximum atomic E-state index is 11.7. The first-order valence-electron chi connectivity index (χ1n) is 15.9. The lowest BCUT2D eigenvalue weighted by atomic mass is 9.63. The lowest BCUT2D eigenvalue weighted by Gasteiger charge is -2.49. The Morgan fingerprint density at radius 1 is 1.03 bits per heavy atom. The summed E-state index contributed by atoms with van der Waals surface area (Å²) in [6.45, 7) is 10.6. The molecule has 0 bridgehead atoms. The first-order valence-corrected chi connectivity index (χ1v) is 16.4. The number of hydroxylamine groups is 2. The van der Waals surface area contributed by atoms with Crippen LogP contribution in [-0.4, -0.2) is 86.9 Å². The highest BCUT2D eigenvalue weighted by Crippen LogP contribution is 2.49. The molecule has 0 radical (unpaired) electrons. The van der Waals surface area contributed by atoms with Crippen LogP contribution in [0.4, 0.5) is 0 Å². The molecule has 38 heavy (non-hydrogen) atoms. The fraction of sp³-hybridized carbons (Fsp3) is 1.00. The van der Waals surface area contributed by atoms with E-state index >= 15 is 0 Å². The van der Waals surface area contributed by atoms with Crippen LogP contribution >= 0.6 is 11.6 Å². The zero-order chi connectivity index (χ0) is 27.1.